The number of benzene rings is 1. The van der Waals surface area contributed by atoms with Crippen LogP contribution in [0.25, 0.3) is 5.70 Å². The van der Waals surface area contributed by atoms with Gasteiger partial charge in [0.15, 0.2) is 11.6 Å². The van der Waals surface area contributed by atoms with Crippen LogP contribution in [0.2, 0.25) is 0 Å². The number of imidazole rings is 1. The lowest BCUT2D eigenvalue weighted by atomic mass is 9.64. The van der Waals surface area contributed by atoms with Crippen LogP contribution in [0.5, 0.6) is 0 Å². The molecule has 8 heteroatoms. The molecular formula is C24H28F2N6. The maximum absolute atomic E-state index is 13.9. The largest absolute Gasteiger partial charge is 0.347 e. The van der Waals surface area contributed by atoms with Gasteiger partial charge in [-0.25, -0.2) is 18.4 Å². The maximum atomic E-state index is 13.9. The number of hydrogen-bond acceptors (Lipinski definition) is 4. The molecule has 1 aromatic carbocycles. The van der Waals surface area contributed by atoms with Gasteiger partial charge in [0.1, 0.15) is 5.82 Å². The van der Waals surface area contributed by atoms with Crippen molar-refractivity contribution in [1.82, 2.24) is 24.3 Å². The number of allylic oxidation sites excluding steroid dienone is 1. The molecule has 1 fully saturated rings. The van der Waals surface area contributed by atoms with Crippen molar-refractivity contribution >= 4 is 11.6 Å². The molecule has 1 atom stereocenters. The number of aryl methyl sites for hydroxylation is 2. The van der Waals surface area contributed by atoms with Gasteiger partial charge in [0.2, 0.25) is 5.95 Å². The van der Waals surface area contributed by atoms with Crippen LogP contribution < -0.4 is 5.32 Å². The number of rotatable bonds is 4. The van der Waals surface area contributed by atoms with Crippen LogP contribution in [0.3, 0.4) is 0 Å². The first kappa shape index (κ1) is 19.6. The van der Waals surface area contributed by atoms with Crippen LogP contribution in [-0.2, 0) is 6.54 Å². The van der Waals surface area contributed by atoms with Gasteiger partial charge in [-0.3, -0.25) is 0 Å². The topological polar surface area (TPSA) is 60.6 Å². The van der Waals surface area contributed by atoms with Crippen molar-refractivity contribution in [2.45, 2.75) is 69.9 Å². The molecule has 2 aromatic heterocycles. The molecule has 4 aliphatic rings. The molecule has 0 saturated heterocycles. The highest BCUT2D eigenvalue weighted by Crippen LogP contribution is 2.51. The summed E-state index contributed by atoms with van der Waals surface area (Å²) in [7, 11) is 0. The predicted molar refractivity (Wildman–Crippen MR) is 119 cm³/mol. The van der Waals surface area contributed by atoms with E-state index < -0.39 is 11.6 Å². The van der Waals surface area contributed by atoms with E-state index in [-0.39, 0.29) is 12.9 Å². The summed E-state index contributed by atoms with van der Waals surface area (Å²) in [5.41, 5.74) is 4.66. The van der Waals surface area contributed by atoms with E-state index in [9.17, 15) is 8.78 Å². The number of aromatic nitrogens is 5. The first-order valence-electron chi connectivity index (χ1n) is 11.4. The summed E-state index contributed by atoms with van der Waals surface area (Å²) in [5.74, 6) is -0.215. The summed E-state index contributed by atoms with van der Waals surface area (Å²) in [4.78, 5) is 9.22. The fraction of sp³-hybridized carbons (Fsp3) is 0.458. The highest BCUT2D eigenvalue weighted by molar-refractivity contribution is 5.60. The lowest BCUT2D eigenvalue weighted by Gasteiger charge is -2.49. The third-order valence-corrected chi connectivity index (χ3v) is 7.22. The van der Waals surface area contributed by atoms with E-state index >= 15 is 0 Å². The lowest BCUT2D eigenvalue weighted by molar-refractivity contribution is 0.320. The summed E-state index contributed by atoms with van der Waals surface area (Å²) in [6.07, 6.45) is 10.9. The first-order chi connectivity index (χ1) is 15.5. The van der Waals surface area contributed by atoms with Crippen LogP contribution in [0.1, 0.15) is 69.4 Å². The molecular weight excluding hydrogens is 410 g/mol. The zero-order valence-electron chi connectivity index (χ0n) is 18.1. The van der Waals surface area contributed by atoms with E-state index in [1.54, 1.807) is 6.07 Å². The first-order valence-corrected chi connectivity index (χ1v) is 11.4. The van der Waals surface area contributed by atoms with Crippen LogP contribution in [0.4, 0.5) is 14.7 Å². The standard InChI is InChI=1S/C24H26F2N6.H2/c1-15-13-31(14-27-15)21-7-8-24(11-17(21)12-24)29-23-28-22-18(4-2-3-9-32(22)30-23)16-5-6-19(25)20(26)10-16;/h5-6,10,13-14,18H,2-4,7-9,11-12H2,1H3,(H,29,30);1H/t18-;/m1./s1. The lowest BCUT2D eigenvalue weighted by Crippen LogP contribution is -2.50. The Bertz CT molecular complexity index is 1220. The molecule has 1 N–H and O–H groups in total. The number of anilines is 1. The Kier molecular flexibility index (Phi) is 4.45. The van der Waals surface area contributed by atoms with Crippen LogP contribution in [-0.4, -0.2) is 29.9 Å². The molecule has 3 aromatic rings. The van der Waals surface area contributed by atoms with Gasteiger partial charge in [-0.05, 0) is 68.7 Å². The molecule has 0 amide bonds. The summed E-state index contributed by atoms with van der Waals surface area (Å²) in [6, 6.07) is 4.18. The third kappa shape index (κ3) is 3.24. The predicted octanol–water partition coefficient (Wildman–Crippen LogP) is 5.27. The van der Waals surface area contributed by atoms with Gasteiger partial charge in [-0.15, -0.1) is 5.10 Å². The van der Waals surface area contributed by atoms with Gasteiger partial charge in [0, 0.05) is 31.3 Å². The molecule has 3 heterocycles. The van der Waals surface area contributed by atoms with E-state index in [1.165, 1.54) is 23.4 Å². The summed E-state index contributed by atoms with van der Waals surface area (Å²) >= 11 is 0. The second-order valence-electron chi connectivity index (χ2n) is 9.47. The molecule has 6 nitrogen and oxygen atoms in total. The smallest absolute Gasteiger partial charge is 0.242 e. The molecule has 0 spiro atoms. The number of fused-ring (bicyclic) bond motifs is 3. The maximum Gasteiger partial charge on any atom is 0.242 e. The van der Waals surface area contributed by atoms with E-state index in [1.807, 2.05) is 17.9 Å². The van der Waals surface area contributed by atoms with E-state index in [2.05, 4.69) is 21.1 Å². The van der Waals surface area contributed by atoms with Gasteiger partial charge < -0.3 is 9.88 Å². The van der Waals surface area contributed by atoms with Crippen molar-refractivity contribution in [3.8, 4) is 0 Å². The molecule has 1 saturated carbocycles. The second-order valence-corrected chi connectivity index (χ2v) is 9.47. The van der Waals surface area contributed by atoms with E-state index in [4.69, 9.17) is 10.1 Å². The Hall–Kier alpha value is -3.03. The van der Waals surface area contributed by atoms with Gasteiger partial charge in [0.25, 0.3) is 0 Å². The van der Waals surface area contributed by atoms with E-state index in [0.29, 0.717) is 5.95 Å². The molecule has 1 aliphatic heterocycles. The molecule has 7 rings (SSSR count). The molecule has 32 heavy (non-hydrogen) atoms. The monoisotopic (exact) mass is 438 g/mol. The van der Waals surface area contributed by atoms with Gasteiger partial charge in [-0.2, -0.15) is 4.98 Å². The Balaban J connectivity index is 0.00000228. The molecule has 2 bridgehead atoms. The number of nitrogens with zero attached hydrogens (tertiary/aromatic N) is 5. The zero-order valence-corrected chi connectivity index (χ0v) is 18.1. The Morgan fingerprint density at radius 3 is 2.78 bits per heavy atom. The van der Waals surface area contributed by atoms with Gasteiger partial charge in [-0.1, -0.05) is 12.5 Å². The fourth-order valence-electron chi connectivity index (χ4n) is 5.56. The molecule has 3 aliphatic carbocycles. The fourth-order valence-corrected chi connectivity index (χ4v) is 5.56. The Morgan fingerprint density at radius 1 is 1.19 bits per heavy atom. The molecule has 0 radical (unpaired) electrons. The summed E-state index contributed by atoms with van der Waals surface area (Å²) < 4.78 is 31.5. The van der Waals surface area contributed by atoms with Crippen LogP contribution >= 0.6 is 0 Å². The van der Waals surface area contributed by atoms with Crippen molar-refractivity contribution in [1.29, 1.82) is 0 Å². The number of nitrogens with one attached hydrogen (secondary N) is 1. The number of halogens is 2. The van der Waals surface area contributed by atoms with Crippen LogP contribution in [0.15, 0.2) is 36.3 Å². The highest BCUT2D eigenvalue weighted by atomic mass is 19.2. The van der Waals surface area contributed by atoms with Crippen molar-refractivity contribution in [3.63, 3.8) is 0 Å². The minimum Gasteiger partial charge on any atom is -0.347 e. The van der Waals surface area contributed by atoms with Gasteiger partial charge in [0.05, 0.1) is 12.0 Å². The molecule has 0 unspecified atom stereocenters. The average molecular weight is 439 g/mol. The van der Waals surface area contributed by atoms with Crippen LogP contribution in [0, 0.1) is 18.6 Å². The molecule has 168 valence electrons. The number of hydrogen-bond donors (Lipinski definition) is 1. The quantitative estimate of drug-likeness (QED) is 0.603. The Morgan fingerprint density at radius 2 is 2.06 bits per heavy atom. The Labute approximate surface area is 186 Å². The van der Waals surface area contributed by atoms with Gasteiger partial charge >= 0.3 is 0 Å². The van der Waals surface area contributed by atoms with E-state index in [0.717, 1.165) is 68.6 Å². The van der Waals surface area contributed by atoms with Crippen molar-refractivity contribution < 1.29 is 10.2 Å². The van der Waals surface area contributed by atoms with Crippen molar-refractivity contribution in [3.05, 3.63) is 65.0 Å². The summed E-state index contributed by atoms with van der Waals surface area (Å²) in [6.45, 7) is 2.81. The zero-order chi connectivity index (χ0) is 21.9. The minimum absolute atomic E-state index is 0. The normalized spacial score (nSPS) is 21.7. The third-order valence-electron chi connectivity index (χ3n) is 7.22. The highest BCUT2D eigenvalue weighted by Gasteiger charge is 2.46. The minimum atomic E-state index is -0.818. The SMILES string of the molecule is Cc1cn(C2=C3CC(Nc4nc5n(n4)CCCC[C@@H]5c4ccc(F)c(F)c4)(CC2)C3)cn1.[HH]. The van der Waals surface area contributed by atoms with Crippen molar-refractivity contribution in [2.24, 2.45) is 0 Å². The van der Waals surface area contributed by atoms with Crippen molar-refractivity contribution in [2.75, 3.05) is 5.32 Å². The summed E-state index contributed by atoms with van der Waals surface area (Å²) in [5, 5.41) is 8.40. The second kappa shape index (κ2) is 7.25. The average Bonchev–Trinajstić information content (AvgIpc) is 3.31.